The molecule has 0 aromatic heterocycles. The van der Waals surface area contributed by atoms with Crippen LogP contribution in [0.3, 0.4) is 0 Å². The van der Waals surface area contributed by atoms with Gasteiger partial charge in [-0.1, -0.05) is 12.1 Å². The van der Waals surface area contributed by atoms with Gasteiger partial charge in [0.05, 0.1) is 7.11 Å². The van der Waals surface area contributed by atoms with Crippen LogP contribution in [-0.4, -0.2) is 19.0 Å². The molecule has 0 saturated carbocycles. The number of esters is 2. The zero-order chi connectivity index (χ0) is 10.6. The molecule has 0 N–H and O–H groups in total. The number of benzene rings is 1. The second kappa shape index (κ2) is 4.41. The van der Waals surface area contributed by atoms with Crippen molar-refractivity contribution < 1.29 is 19.1 Å². The molecule has 0 amide bonds. The van der Waals surface area contributed by atoms with Crippen LogP contribution < -0.4 is 4.74 Å². The largest absolute Gasteiger partial charge is 0.465 e. The molecule has 73 valence electrons. The lowest BCUT2D eigenvalue weighted by molar-refractivity contribution is -0.131. The predicted octanol–water partition coefficient (Wildman–Crippen LogP) is 1.20. The van der Waals surface area contributed by atoms with E-state index in [2.05, 4.69) is 10.8 Å². The van der Waals surface area contributed by atoms with Crippen LogP contribution in [0.1, 0.15) is 17.3 Å². The van der Waals surface area contributed by atoms with E-state index in [-0.39, 0.29) is 11.3 Å². The number of hydrogen-bond donors (Lipinski definition) is 0. The highest BCUT2D eigenvalue weighted by molar-refractivity contribution is 5.92. The minimum atomic E-state index is -0.582. The van der Waals surface area contributed by atoms with Crippen molar-refractivity contribution in [1.29, 1.82) is 0 Å². The highest BCUT2D eigenvalue weighted by Gasteiger charge is 2.13. The summed E-state index contributed by atoms with van der Waals surface area (Å²) >= 11 is 0. The van der Waals surface area contributed by atoms with Gasteiger partial charge in [0.1, 0.15) is 11.3 Å². The number of methoxy groups -OCH3 is 1. The maximum Gasteiger partial charge on any atom is 0.342 e. The Kier molecular flexibility index (Phi) is 3.23. The first-order valence-corrected chi connectivity index (χ1v) is 3.92. The van der Waals surface area contributed by atoms with Crippen LogP contribution in [0.25, 0.3) is 0 Å². The lowest BCUT2D eigenvalue weighted by atomic mass is 10.2. The Hall–Kier alpha value is -1.84. The van der Waals surface area contributed by atoms with Crippen molar-refractivity contribution >= 4 is 11.9 Å². The summed E-state index contributed by atoms with van der Waals surface area (Å²) in [5.74, 6) is -0.913. The van der Waals surface area contributed by atoms with Crippen LogP contribution in [-0.2, 0) is 9.53 Å². The quantitative estimate of drug-likeness (QED) is 0.523. The monoisotopic (exact) mass is 193 g/mol. The van der Waals surface area contributed by atoms with E-state index in [1.165, 1.54) is 20.1 Å². The lowest BCUT2D eigenvalue weighted by Gasteiger charge is -2.05. The SMILES string of the molecule is COC(=O)c1[c]cccc1OC(C)=O. The Morgan fingerprint density at radius 1 is 1.43 bits per heavy atom. The number of rotatable bonds is 2. The second-order valence-electron chi connectivity index (χ2n) is 2.49. The smallest absolute Gasteiger partial charge is 0.342 e. The Morgan fingerprint density at radius 2 is 2.14 bits per heavy atom. The molecule has 1 radical (unpaired) electrons. The van der Waals surface area contributed by atoms with Gasteiger partial charge in [0.15, 0.2) is 0 Å². The molecule has 0 aliphatic rings. The summed E-state index contributed by atoms with van der Waals surface area (Å²) in [6.45, 7) is 1.26. The van der Waals surface area contributed by atoms with Crippen LogP contribution in [0.4, 0.5) is 0 Å². The average molecular weight is 193 g/mol. The zero-order valence-corrected chi connectivity index (χ0v) is 7.87. The maximum atomic E-state index is 11.2. The first-order chi connectivity index (χ1) is 6.65. The van der Waals surface area contributed by atoms with Crippen molar-refractivity contribution in [3.8, 4) is 5.75 Å². The van der Waals surface area contributed by atoms with Gasteiger partial charge < -0.3 is 9.47 Å². The first kappa shape index (κ1) is 10.2. The van der Waals surface area contributed by atoms with Crippen molar-refractivity contribution in [2.45, 2.75) is 6.92 Å². The molecule has 0 fully saturated rings. The van der Waals surface area contributed by atoms with Gasteiger partial charge in [-0.15, -0.1) is 0 Å². The van der Waals surface area contributed by atoms with E-state index >= 15 is 0 Å². The van der Waals surface area contributed by atoms with E-state index in [0.29, 0.717) is 0 Å². The Bertz CT molecular complexity index is 357. The van der Waals surface area contributed by atoms with Gasteiger partial charge in [-0.3, -0.25) is 4.79 Å². The molecular weight excluding hydrogens is 184 g/mol. The predicted molar refractivity (Wildman–Crippen MR) is 47.9 cm³/mol. The molecule has 0 atom stereocenters. The summed E-state index contributed by atoms with van der Waals surface area (Å²) in [5, 5.41) is 0. The van der Waals surface area contributed by atoms with Gasteiger partial charge >= 0.3 is 11.9 Å². The summed E-state index contributed by atoms with van der Waals surface area (Å²) in [4.78, 5) is 21.9. The van der Waals surface area contributed by atoms with Crippen LogP contribution in [0.15, 0.2) is 18.2 Å². The summed E-state index contributed by atoms with van der Waals surface area (Å²) in [7, 11) is 1.25. The van der Waals surface area contributed by atoms with E-state index in [4.69, 9.17) is 4.74 Å². The van der Waals surface area contributed by atoms with E-state index in [1.54, 1.807) is 12.1 Å². The fourth-order valence-electron chi connectivity index (χ4n) is 0.923. The van der Waals surface area contributed by atoms with Gasteiger partial charge in [-0.05, 0) is 6.07 Å². The summed E-state index contributed by atoms with van der Waals surface area (Å²) in [5.41, 5.74) is 0.116. The minimum Gasteiger partial charge on any atom is -0.465 e. The van der Waals surface area contributed by atoms with Gasteiger partial charge in [-0.25, -0.2) is 4.79 Å². The van der Waals surface area contributed by atoms with E-state index in [0.717, 1.165) is 0 Å². The number of ether oxygens (including phenoxy) is 2. The Balaban J connectivity index is 3.02. The van der Waals surface area contributed by atoms with Crippen LogP contribution >= 0.6 is 0 Å². The van der Waals surface area contributed by atoms with E-state index < -0.39 is 11.9 Å². The van der Waals surface area contributed by atoms with E-state index in [9.17, 15) is 9.59 Å². The number of hydrogen-bond acceptors (Lipinski definition) is 4. The standard InChI is InChI=1S/C10H9O4/c1-7(11)14-9-6-4-3-5-8(9)10(12)13-2/h3-4,6H,1-2H3. The van der Waals surface area contributed by atoms with Crippen LogP contribution in [0, 0.1) is 6.07 Å². The third-order valence-electron chi connectivity index (χ3n) is 1.46. The third kappa shape index (κ3) is 2.32. The highest BCUT2D eigenvalue weighted by atomic mass is 16.5. The molecular formula is C10H9O4. The van der Waals surface area contributed by atoms with Crippen LogP contribution in [0.2, 0.25) is 0 Å². The third-order valence-corrected chi connectivity index (χ3v) is 1.46. The molecule has 1 aromatic rings. The number of carbonyl (C=O) groups excluding carboxylic acids is 2. The highest BCUT2D eigenvalue weighted by Crippen LogP contribution is 2.18. The molecule has 1 aromatic carbocycles. The fourth-order valence-corrected chi connectivity index (χ4v) is 0.923. The molecule has 4 nitrogen and oxygen atoms in total. The Morgan fingerprint density at radius 3 is 2.71 bits per heavy atom. The average Bonchev–Trinajstić information content (AvgIpc) is 2.16. The normalized spacial score (nSPS) is 9.29. The van der Waals surface area contributed by atoms with E-state index in [1.807, 2.05) is 0 Å². The molecule has 0 saturated heterocycles. The molecule has 14 heavy (non-hydrogen) atoms. The fraction of sp³-hybridized carbons (Fsp3) is 0.200. The van der Waals surface area contributed by atoms with Crippen molar-refractivity contribution in [1.82, 2.24) is 0 Å². The van der Waals surface area contributed by atoms with Gasteiger partial charge in [0.2, 0.25) is 0 Å². The van der Waals surface area contributed by atoms with Gasteiger partial charge in [-0.2, -0.15) is 0 Å². The molecule has 0 aliphatic heterocycles. The van der Waals surface area contributed by atoms with Crippen LogP contribution in [0.5, 0.6) is 5.75 Å². The second-order valence-corrected chi connectivity index (χ2v) is 2.49. The van der Waals surface area contributed by atoms with Crippen molar-refractivity contribution in [3.63, 3.8) is 0 Å². The van der Waals surface area contributed by atoms with Crippen molar-refractivity contribution in [2.75, 3.05) is 7.11 Å². The molecule has 0 aliphatic carbocycles. The zero-order valence-electron chi connectivity index (χ0n) is 7.87. The molecule has 0 bridgehead atoms. The molecule has 1 rings (SSSR count). The maximum absolute atomic E-state index is 11.2. The molecule has 0 heterocycles. The van der Waals surface area contributed by atoms with Gasteiger partial charge in [0, 0.05) is 13.0 Å². The van der Waals surface area contributed by atoms with Crippen molar-refractivity contribution in [2.24, 2.45) is 0 Å². The topological polar surface area (TPSA) is 52.6 Å². The first-order valence-electron chi connectivity index (χ1n) is 3.92. The van der Waals surface area contributed by atoms with Gasteiger partial charge in [0.25, 0.3) is 0 Å². The Labute approximate surface area is 81.4 Å². The lowest BCUT2D eigenvalue weighted by Crippen LogP contribution is -2.08. The summed E-state index contributed by atoms with van der Waals surface area (Å²) in [6, 6.07) is 7.30. The summed E-state index contributed by atoms with van der Waals surface area (Å²) in [6.07, 6.45) is 0. The summed E-state index contributed by atoms with van der Waals surface area (Å²) < 4.78 is 9.29. The molecule has 0 unspecified atom stereocenters. The molecule has 0 spiro atoms. The van der Waals surface area contributed by atoms with Crippen molar-refractivity contribution in [3.05, 3.63) is 29.8 Å². The minimum absolute atomic E-state index is 0.116. The number of carbonyl (C=O) groups is 2. The molecule has 4 heteroatoms.